The Morgan fingerprint density at radius 2 is 1.76 bits per heavy atom. The highest BCUT2D eigenvalue weighted by Gasteiger charge is 2.33. The monoisotopic (exact) mass is 533 g/mol. The first-order valence-corrected chi connectivity index (χ1v) is 12.4. The van der Waals surface area contributed by atoms with Crippen molar-refractivity contribution in [1.29, 1.82) is 0 Å². The predicted molar refractivity (Wildman–Crippen MR) is 147 cm³/mol. The van der Waals surface area contributed by atoms with Crippen molar-refractivity contribution in [2.75, 3.05) is 19.0 Å². The molecule has 3 aromatic carbocycles. The van der Waals surface area contributed by atoms with Crippen LogP contribution in [0.4, 0.5) is 5.69 Å². The molecule has 10 heteroatoms. The predicted octanol–water partition coefficient (Wildman–Crippen LogP) is 4.57. The molecule has 2 N–H and O–H groups in total. The Morgan fingerprint density at radius 1 is 1.03 bits per heavy atom. The van der Waals surface area contributed by atoms with E-state index in [0.717, 1.165) is 22.3 Å². The molecule has 1 aliphatic heterocycles. The molecule has 0 aromatic heterocycles. The van der Waals surface area contributed by atoms with E-state index < -0.39 is 11.8 Å². The quantitative estimate of drug-likeness (QED) is 0.324. The molecule has 0 aliphatic carbocycles. The van der Waals surface area contributed by atoms with Gasteiger partial charge >= 0.3 is 0 Å². The van der Waals surface area contributed by atoms with E-state index in [9.17, 15) is 14.4 Å². The standard InChI is InChI=1S/C27H23N3O5S2/c1-17-8-11-20(12-9-17)28-24(31)16-35-21-13-10-18(14-22(21)34-2)15-23-26(33)30(27(36)37-23)29-25(32)19-6-4-3-5-7-19/h3-15H,16H2,1-2H3,(H,28,31)(H,29,32). The van der Waals surface area contributed by atoms with E-state index in [-0.39, 0.29) is 16.8 Å². The van der Waals surface area contributed by atoms with Gasteiger partial charge in [-0.3, -0.25) is 19.8 Å². The fourth-order valence-electron chi connectivity index (χ4n) is 3.34. The summed E-state index contributed by atoms with van der Waals surface area (Å²) in [6, 6.07) is 21.1. The Bertz CT molecular complexity index is 1370. The van der Waals surface area contributed by atoms with Gasteiger partial charge in [0.1, 0.15) is 0 Å². The van der Waals surface area contributed by atoms with Gasteiger partial charge in [-0.2, -0.15) is 5.01 Å². The second kappa shape index (κ2) is 11.7. The van der Waals surface area contributed by atoms with Gasteiger partial charge in [-0.25, -0.2) is 0 Å². The van der Waals surface area contributed by atoms with E-state index >= 15 is 0 Å². The fraction of sp³-hybridized carbons (Fsp3) is 0.111. The summed E-state index contributed by atoms with van der Waals surface area (Å²) in [6.07, 6.45) is 1.64. The lowest BCUT2D eigenvalue weighted by molar-refractivity contribution is -0.123. The van der Waals surface area contributed by atoms with Crippen molar-refractivity contribution in [2.24, 2.45) is 0 Å². The van der Waals surface area contributed by atoms with E-state index in [1.165, 1.54) is 7.11 Å². The molecule has 1 heterocycles. The van der Waals surface area contributed by atoms with E-state index in [0.29, 0.717) is 33.2 Å². The molecule has 37 heavy (non-hydrogen) atoms. The van der Waals surface area contributed by atoms with Gasteiger partial charge in [0.25, 0.3) is 17.7 Å². The number of thioether (sulfide) groups is 1. The zero-order chi connectivity index (χ0) is 26.4. The number of hydrazine groups is 1. The molecular formula is C27H23N3O5S2. The Kier molecular flexibility index (Phi) is 8.22. The SMILES string of the molecule is COc1cc(C=C2SC(=S)N(NC(=O)c3ccccc3)C2=O)ccc1OCC(=O)Nc1ccc(C)cc1. The maximum atomic E-state index is 12.9. The minimum atomic E-state index is -0.439. The van der Waals surface area contributed by atoms with Crippen molar-refractivity contribution in [3.63, 3.8) is 0 Å². The third kappa shape index (κ3) is 6.54. The van der Waals surface area contributed by atoms with Crippen molar-refractivity contribution in [1.82, 2.24) is 10.4 Å². The lowest BCUT2D eigenvalue weighted by Crippen LogP contribution is -2.44. The van der Waals surface area contributed by atoms with E-state index in [4.69, 9.17) is 21.7 Å². The highest BCUT2D eigenvalue weighted by Crippen LogP contribution is 2.34. The van der Waals surface area contributed by atoms with Gasteiger partial charge in [-0.1, -0.05) is 53.7 Å². The van der Waals surface area contributed by atoms with Crippen molar-refractivity contribution in [3.05, 3.63) is 94.4 Å². The first-order chi connectivity index (χ1) is 17.8. The average Bonchev–Trinajstić information content (AvgIpc) is 3.16. The second-order valence-corrected chi connectivity index (χ2v) is 9.61. The Hall–Kier alpha value is -4.15. The molecule has 0 radical (unpaired) electrons. The van der Waals surface area contributed by atoms with E-state index in [1.54, 1.807) is 54.6 Å². The molecule has 3 aromatic rings. The summed E-state index contributed by atoms with van der Waals surface area (Å²) in [6.45, 7) is 1.76. The Labute approximate surface area is 223 Å². The molecular weight excluding hydrogens is 510 g/mol. The average molecular weight is 534 g/mol. The number of anilines is 1. The number of carbonyl (C=O) groups excluding carboxylic acids is 3. The molecule has 0 saturated carbocycles. The minimum Gasteiger partial charge on any atom is -0.493 e. The van der Waals surface area contributed by atoms with Crippen LogP contribution in [0, 0.1) is 6.92 Å². The lowest BCUT2D eigenvalue weighted by atomic mass is 10.2. The third-order valence-corrected chi connectivity index (χ3v) is 6.52. The number of nitrogens with one attached hydrogen (secondary N) is 2. The molecule has 8 nitrogen and oxygen atoms in total. The zero-order valence-corrected chi connectivity index (χ0v) is 21.7. The first kappa shape index (κ1) is 25.9. The first-order valence-electron chi connectivity index (χ1n) is 11.2. The van der Waals surface area contributed by atoms with Gasteiger partial charge in [-0.05, 0) is 67.2 Å². The van der Waals surface area contributed by atoms with Crippen LogP contribution in [-0.2, 0) is 9.59 Å². The fourth-order valence-corrected chi connectivity index (χ4v) is 4.52. The summed E-state index contributed by atoms with van der Waals surface area (Å²) in [5.74, 6) is -0.415. The molecule has 0 unspecified atom stereocenters. The molecule has 0 bridgehead atoms. The van der Waals surface area contributed by atoms with Crippen LogP contribution in [0.5, 0.6) is 11.5 Å². The topological polar surface area (TPSA) is 97.0 Å². The summed E-state index contributed by atoms with van der Waals surface area (Å²) >= 11 is 6.37. The molecule has 1 saturated heterocycles. The van der Waals surface area contributed by atoms with E-state index in [1.807, 2.05) is 31.2 Å². The van der Waals surface area contributed by atoms with Gasteiger partial charge in [0.15, 0.2) is 22.4 Å². The number of hydrogen-bond acceptors (Lipinski definition) is 7. The van der Waals surface area contributed by atoms with Crippen molar-refractivity contribution < 1.29 is 23.9 Å². The lowest BCUT2D eigenvalue weighted by Gasteiger charge is -2.15. The summed E-state index contributed by atoms with van der Waals surface area (Å²) in [5.41, 5.74) is 5.39. The normalized spacial score (nSPS) is 14.0. The molecule has 4 rings (SSSR count). The van der Waals surface area contributed by atoms with Crippen molar-refractivity contribution in [2.45, 2.75) is 6.92 Å². The van der Waals surface area contributed by atoms with Gasteiger partial charge in [0, 0.05) is 11.3 Å². The number of carbonyl (C=O) groups is 3. The number of ether oxygens (including phenoxy) is 2. The van der Waals surface area contributed by atoms with E-state index in [2.05, 4.69) is 10.7 Å². The van der Waals surface area contributed by atoms with Crippen LogP contribution in [0.3, 0.4) is 0 Å². The molecule has 1 fully saturated rings. The Morgan fingerprint density at radius 3 is 2.46 bits per heavy atom. The van der Waals surface area contributed by atoms with Gasteiger partial charge in [-0.15, -0.1) is 0 Å². The Balaban J connectivity index is 1.40. The molecule has 3 amide bonds. The van der Waals surface area contributed by atoms with Crippen LogP contribution in [0.1, 0.15) is 21.5 Å². The number of methoxy groups -OCH3 is 1. The molecule has 188 valence electrons. The van der Waals surface area contributed by atoms with Gasteiger partial charge in [0.05, 0.1) is 12.0 Å². The maximum absolute atomic E-state index is 12.9. The minimum absolute atomic E-state index is 0.205. The van der Waals surface area contributed by atoms with Gasteiger partial charge < -0.3 is 14.8 Å². The van der Waals surface area contributed by atoms with Crippen LogP contribution in [0.25, 0.3) is 6.08 Å². The molecule has 0 atom stereocenters. The van der Waals surface area contributed by atoms with Crippen LogP contribution in [0.2, 0.25) is 0 Å². The summed E-state index contributed by atoms with van der Waals surface area (Å²) < 4.78 is 11.3. The number of benzene rings is 3. The number of rotatable bonds is 8. The van der Waals surface area contributed by atoms with Crippen LogP contribution in [-0.4, -0.2) is 40.8 Å². The number of aryl methyl sites for hydroxylation is 1. The smallest absolute Gasteiger partial charge is 0.285 e. The van der Waals surface area contributed by atoms with Crippen molar-refractivity contribution in [3.8, 4) is 11.5 Å². The van der Waals surface area contributed by atoms with Gasteiger partial charge in [0.2, 0.25) is 0 Å². The molecule has 0 spiro atoms. The summed E-state index contributed by atoms with van der Waals surface area (Å²) in [4.78, 5) is 37.9. The highest BCUT2D eigenvalue weighted by molar-refractivity contribution is 8.26. The van der Waals surface area contributed by atoms with Crippen molar-refractivity contribution >= 4 is 57.8 Å². The summed E-state index contributed by atoms with van der Waals surface area (Å²) in [7, 11) is 1.48. The van der Waals surface area contributed by atoms with Crippen LogP contribution in [0.15, 0.2) is 77.7 Å². The number of hydrogen-bond donors (Lipinski definition) is 2. The highest BCUT2D eigenvalue weighted by atomic mass is 32.2. The number of amides is 3. The zero-order valence-electron chi connectivity index (χ0n) is 20.0. The third-order valence-electron chi connectivity index (χ3n) is 5.22. The van der Waals surface area contributed by atoms with Crippen LogP contribution >= 0.6 is 24.0 Å². The number of nitrogens with zero attached hydrogens (tertiary/aromatic N) is 1. The maximum Gasteiger partial charge on any atom is 0.285 e. The summed E-state index contributed by atoms with van der Waals surface area (Å²) in [5, 5.41) is 3.83. The second-order valence-electron chi connectivity index (χ2n) is 7.94. The largest absolute Gasteiger partial charge is 0.493 e. The number of thiocarbonyl (C=S) groups is 1. The molecule has 1 aliphatic rings. The van der Waals surface area contributed by atoms with Crippen LogP contribution < -0.4 is 20.2 Å².